The molecule has 0 saturated carbocycles. The van der Waals surface area contributed by atoms with Gasteiger partial charge in [-0.05, 0) is 40.0 Å². The van der Waals surface area contributed by atoms with Gasteiger partial charge in [-0.15, -0.1) is 0 Å². The van der Waals surface area contributed by atoms with E-state index in [0.29, 0.717) is 0 Å². The molecule has 0 aromatic heterocycles. The maximum Gasteiger partial charge on any atom is 0.242 e. The van der Waals surface area contributed by atoms with Crippen molar-refractivity contribution in [1.82, 2.24) is 21.3 Å². The monoisotopic (exact) mass is 460 g/mol. The lowest BCUT2D eigenvalue weighted by molar-refractivity contribution is -0.128. The number of rotatable bonds is 9. The van der Waals surface area contributed by atoms with Crippen LogP contribution in [0.5, 0.6) is 0 Å². The zero-order valence-corrected chi connectivity index (χ0v) is 22.8. The van der Waals surface area contributed by atoms with E-state index >= 15 is 0 Å². The molecule has 0 spiro atoms. The number of carbonyl (C=O) groups is 4. The number of nitrogens with one attached hydrogen (secondary N) is 4. The minimum atomic E-state index is -0.452. The number of amides is 4. The van der Waals surface area contributed by atoms with Gasteiger partial charge in [-0.25, -0.2) is 0 Å². The largest absolute Gasteiger partial charge is 0.359 e. The van der Waals surface area contributed by atoms with E-state index in [0.717, 1.165) is 25.8 Å². The molecule has 0 radical (unpaired) electrons. The number of hydrogen-bond donors (Lipinski definition) is 4. The smallest absolute Gasteiger partial charge is 0.242 e. The molecule has 0 saturated heterocycles. The van der Waals surface area contributed by atoms with E-state index < -0.39 is 6.04 Å². The predicted molar refractivity (Wildman–Crippen MR) is 134 cm³/mol. The molecular weight excluding hydrogens is 408 g/mol. The first-order valence-electron chi connectivity index (χ1n) is 12.0. The summed E-state index contributed by atoms with van der Waals surface area (Å²) in [7, 11) is 1.66. The molecule has 0 aliphatic heterocycles. The van der Waals surface area contributed by atoms with Gasteiger partial charge in [-0.2, -0.15) is 0 Å². The summed E-state index contributed by atoms with van der Waals surface area (Å²) in [6.07, 6.45) is 2.73. The van der Waals surface area contributed by atoms with Crippen LogP contribution < -0.4 is 21.3 Å². The second-order valence-electron chi connectivity index (χ2n) is 7.37. The van der Waals surface area contributed by atoms with E-state index in [4.69, 9.17) is 0 Å². The maximum absolute atomic E-state index is 11.3. The Balaban J connectivity index is -0.000000183. The van der Waals surface area contributed by atoms with Gasteiger partial charge in [-0.3, -0.25) is 19.2 Å². The molecule has 0 bridgehead atoms. The molecular formula is C24H52N4O4. The summed E-state index contributed by atoms with van der Waals surface area (Å²) < 4.78 is 0. The molecule has 0 rings (SSSR count). The van der Waals surface area contributed by atoms with Crippen LogP contribution in [0, 0.1) is 11.8 Å². The molecule has 4 unspecified atom stereocenters. The quantitative estimate of drug-likeness (QED) is 0.422. The molecule has 0 aliphatic rings. The third-order valence-electron chi connectivity index (χ3n) is 4.53. The Labute approximate surface area is 197 Å². The summed E-state index contributed by atoms with van der Waals surface area (Å²) in [4.78, 5) is 43.4. The molecule has 0 heterocycles. The van der Waals surface area contributed by atoms with Crippen molar-refractivity contribution in [1.29, 1.82) is 0 Å². The Morgan fingerprint density at radius 3 is 1.41 bits per heavy atom. The normalized spacial score (nSPS) is 12.9. The SMILES string of the molecule is CC.CCC(C)C(=O)NC.CCC(C)NC(=O)C(C)NC(C)=O.CCNC(=O)C(C)CC. The van der Waals surface area contributed by atoms with Crippen molar-refractivity contribution in [2.75, 3.05) is 13.6 Å². The maximum atomic E-state index is 11.3. The van der Waals surface area contributed by atoms with Crippen LogP contribution in [0.3, 0.4) is 0 Å². The van der Waals surface area contributed by atoms with Crippen LogP contribution in [0.1, 0.15) is 95.4 Å². The first kappa shape index (κ1) is 37.2. The zero-order valence-electron chi connectivity index (χ0n) is 22.8. The molecule has 192 valence electrons. The van der Waals surface area contributed by atoms with Gasteiger partial charge in [0.25, 0.3) is 0 Å². The van der Waals surface area contributed by atoms with Crippen molar-refractivity contribution < 1.29 is 19.2 Å². The fourth-order valence-electron chi connectivity index (χ4n) is 1.81. The van der Waals surface area contributed by atoms with Gasteiger partial charge in [0.15, 0.2) is 0 Å². The lowest BCUT2D eigenvalue weighted by atomic mass is 10.1. The lowest BCUT2D eigenvalue weighted by Gasteiger charge is -2.16. The second-order valence-corrected chi connectivity index (χ2v) is 7.37. The second kappa shape index (κ2) is 25.1. The first-order valence-corrected chi connectivity index (χ1v) is 12.0. The molecule has 4 amide bonds. The van der Waals surface area contributed by atoms with Crippen LogP contribution in [0.2, 0.25) is 0 Å². The molecule has 4 N–H and O–H groups in total. The van der Waals surface area contributed by atoms with Gasteiger partial charge in [-0.1, -0.05) is 48.5 Å². The van der Waals surface area contributed by atoms with Crippen molar-refractivity contribution in [3.63, 3.8) is 0 Å². The number of hydrogen-bond acceptors (Lipinski definition) is 4. The third-order valence-corrected chi connectivity index (χ3v) is 4.53. The van der Waals surface area contributed by atoms with Gasteiger partial charge in [0.2, 0.25) is 23.6 Å². The third kappa shape index (κ3) is 24.2. The molecule has 0 aliphatic carbocycles. The zero-order chi connectivity index (χ0) is 26.3. The number of carbonyl (C=O) groups excluding carboxylic acids is 4. The van der Waals surface area contributed by atoms with Crippen molar-refractivity contribution in [3.05, 3.63) is 0 Å². The molecule has 32 heavy (non-hydrogen) atoms. The summed E-state index contributed by atoms with van der Waals surface area (Å²) in [6.45, 7) is 21.5. The molecule has 8 heteroatoms. The van der Waals surface area contributed by atoms with E-state index in [1.54, 1.807) is 14.0 Å². The highest BCUT2D eigenvalue weighted by Crippen LogP contribution is 1.98. The van der Waals surface area contributed by atoms with Crippen molar-refractivity contribution in [3.8, 4) is 0 Å². The summed E-state index contributed by atoms with van der Waals surface area (Å²) in [5.74, 6) is 0.314. The Kier molecular flexibility index (Phi) is 29.2. The predicted octanol–water partition coefficient (Wildman–Crippen LogP) is 3.40. The molecule has 4 atom stereocenters. The summed E-state index contributed by atoms with van der Waals surface area (Å²) in [6, 6.07) is -0.296. The Morgan fingerprint density at radius 1 is 0.688 bits per heavy atom. The van der Waals surface area contributed by atoms with Crippen LogP contribution in [-0.2, 0) is 19.2 Å². The summed E-state index contributed by atoms with van der Waals surface area (Å²) in [5.41, 5.74) is 0. The van der Waals surface area contributed by atoms with Crippen LogP contribution in [0.15, 0.2) is 0 Å². The van der Waals surface area contributed by atoms with E-state index in [2.05, 4.69) is 21.3 Å². The van der Waals surface area contributed by atoms with Gasteiger partial charge < -0.3 is 21.3 Å². The van der Waals surface area contributed by atoms with E-state index in [-0.39, 0.29) is 41.5 Å². The molecule has 0 aromatic rings. The van der Waals surface area contributed by atoms with Crippen LogP contribution >= 0.6 is 0 Å². The first-order chi connectivity index (χ1) is 14.9. The molecule has 0 aromatic carbocycles. The van der Waals surface area contributed by atoms with Crippen LogP contribution in [0.4, 0.5) is 0 Å². The average Bonchev–Trinajstić information content (AvgIpc) is 2.78. The van der Waals surface area contributed by atoms with Crippen molar-refractivity contribution in [2.45, 2.75) is 108 Å². The van der Waals surface area contributed by atoms with Crippen molar-refractivity contribution >= 4 is 23.6 Å². The fourth-order valence-corrected chi connectivity index (χ4v) is 1.81. The molecule has 0 fully saturated rings. The minimum Gasteiger partial charge on any atom is -0.359 e. The Morgan fingerprint density at radius 2 is 1.12 bits per heavy atom. The highest BCUT2D eigenvalue weighted by molar-refractivity contribution is 5.86. The van der Waals surface area contributed by atoms with E-state index in [9.17, 15) is 19.2 Å². The standard InChI is InChI=1S/C9H18N2O2.C7H15NO.C6H13NO.C2H6/c1-5-6(2)10-9(13)7(3)11-8(4)12;1-4-6(3)7(9)8-5-2;1-4-5(2)6(8)7-3;1-2/h6-7H,5H2,1-4H3,(H,10,13)(H,11,12);6H,4-5H2,1-3H3,(H,8,9);5H,4H2,1-3H3,(H,7,8);1-2H3. The van der Waals surface area contributed by atoms with Gasteiger partial charge in [0.1, 0.15) is 6.04 Å². The van der Waals surface area contributed by atoms with Gasteiger partial charge in [0.05, 0.1) is 0 Å². The van der Waals surface area contributed by atoms with Gasteiger partial charge >= 0.3 is 0 Å². The molecule has 8 nitrogen and oxygen atoms in total. The Hall–Kier alpha value is -2.12. The van der Waals surface area contributed by atoms with Crippen LogP contribution in [-0.4, -0.2) is 49.3 Å². The minimum absolute atomic E-state index is 0.132. The lowest BCUT2D eigenvalue weighted by Crippen LogP contribution is -2.46. The topological polar surface area (TPSA) is 116 Å². The summed E-state index contributed by atoms with van der Waals surface area (Å²) in [5, 5.41) is 10.6. The van der Waals surface area contributed by atoms with E-state index in [1.165, 1.54) is 6.92 Å². The average molecular weight is 461 g/mol. The highest BCUT2D eigenvalue weighted by Gasteiger charge is 2.14. The summed E-state index contributed by atoms with van der Waals surface area (Å²) >= 11 is 0. The van der Waals surface area contributed by atoms with Gasteiger partial charge in [0, 0.05) is 38.4 Å². The highest BCUT2D eigenvalue weighted by atomic mass is 16.2. The Bertz CT molecular complexity index is 498. The van der Waals surface area contributed by atoms with E-state index in [1.807, 2.05) is 62.3 Å². The fraction of sp³-hybridized carbons (Fsp3) is 0.833. The van der Waals surface area contributed by atoms with Crippen LogP contribution in [0.25, 0.3) is 0 Å². The van der Waals surface area contributed by atoms with Crippen molar-refractivity contribution in [2.24, 2.45) is 11.8 Å².